The third-order valence-electron chi connectivity index (χ3n) is 9.30. The highest BCUT2D eigenvalue weighted by Crippen LogP contribution is 2.40. The quantitative estimate of drug-likeness (QED) is 0.296. The number of aliphatic hydroxyl groups excluding tert-OH is 1. The van der Waals surface area contributed by atoms with Gasteiger partial charge in [-0.1, -0.05) is 54.6 Å². The molecule has 3 fully saturated rings. The van der Waals surface area contributed by atoms with E-state index >= 15 is 0 Å². The van der Waals surface area contributed by atoms with E-state index in [2.05, 4.69) is 32.6 Å². The van der Waals surface area contributed by atoms with Gasteiger partial charge in [-0.3, -0.25) is 14.4 Å². The third kappa shape index (κ3) is 7.33. The summed E-state index contributed by atoms with van der Waals surface area (Å²) in [5, 5.41) is 15.4. The van der Waals surface area contributed by atoms with Crippen molar-refractivity contribution in [3.05, 3.63) is 95.6 Å². The summed E-state index contributed by atoms with van der Waals surface area (Å²) in [6.07, 6.45) is -0.0324. The minimum atomic E-state index is -0.937. The zero-order chi connectivity index (χ0) is 33.0. The van der Waals surface area contributed by atoms with Crippen LogP contribution in [0, 0.1) is 0 Å². The number of hydrogen-bond acceptors (Lipinski definition) is 9. The Morgan fingerprint density at radius 2 is 1.77 bits per heavy atom. The number of benzene rings is 3. The molecule has 3 aromatic carbocycles. The number of nitrogens with zero attached hydrogens (tertiary/aromatic N) is 2. The summed E-state index contributed by atoms with van der Waals surface area (Å²) in [4.78, 5) is 41.7. The minimum absolute atomic E-state index is 0.0368. The second kappa shape index (κ2) is 14.2. The number of likely N-dealkylation sites (tertiary alicyclic amines) is 1. The Morgan fingerprint density at radius 1 is 1.02 bits per heavy atom. The molecule has 11 nitrogen and oxygen atoms in total. The Labute approximate surface area is 274 Å². The molecule has 4 unspecified atom stereocenters. The van der Waals surface area contributed by atoms with Crippen molar-refractivity contribution in [2.45, 2.75) is 69.9 Å². The van der Waals surface area contributed by atoms with Crippen LogP contribution >= 0.6 is 0 Å². The molecule has 6 rings (SSSR count). The van der Waals surface area contributed by atoms with E-state index < -0.39 is 29.8 Å². The minimum Gasteiger partial charge on any atom is -0.453 e. The van der Waals surface area contributed by atoms with Crippen molar-refractivity contribution in [3.8, 4) is 0 Å². The van der Waals surface area contributed by atoms with E-state index in [1.165, 1.54) is 13.8 Å². The fraction of sp³-hybridized carbons (Fsp3) is 0.417. The molecule has 0 radical (unpaired) electrons. The highest BCUT2D eigenvalue weighted by molar-refractivity contribution is 5.95. The lowest BCUT2D eigenvalue weighted by Gasteiger charge is -2.45. The molecule has 3 heterocycles. The third-order valence-corrected chi connectivity index (χ3v) is 9.30. The molecule has 2 amide bonds. The number of nitrogens with one attached hydrogen (secondary N) is 2. The number of aliphatic hydroxyl groups is 1. The first-order valence-electron chi connectivity index (χ1n) is 16.2. The Hall–Kier alpha value is -4.29. The van der Waals surface area contributed by atoms with Crippen LogP contribution in [0.25, 0.3) is 0 Å². The van der Waals surface area contributed by atoms with Gasteiger partial charge in [0.15, 0.2) is 12.4 Å². The van der Waals surface area contributed by atoms with Crippen molar-refractivity contribution in [2.75, 3.05) is 36.5 Å². The number of piperidine rings is 1. The molecule has 248 valence electrons. The summed E-state index contributed by atoms with van der Waals surface area (Å²) in [6, 6.07) is 25.1. The van der Waals surface area contributed by atoms with E-state index in [4.69, 9.17) is 14.2 Å². The molecule has 47 heavy (non-hydrogen) atoms. The average molecular weight is 643 g/mol. The van der Waals surface area contributed by atoms with E-state index in [-0.39, 0.29) is 24.7 Å². The predicted octanol–water partition coefficient (Wildman–Crippen LogP) is 4.04. The molecule has 3 aliphatic heterocycles. The van der Waals surface area contributed by atoms with Gasteiger partial charge in [-0.15, -0.1) is 0 Å². The van der Waals surface area contributed by atoms with Crippen molar-refractivity contribution in [2.24, 2.45) is 0 Å². The van der Waals surface area contributed by atoms with Crippen LogP contribution in [0.5, 0.6) is 0 Å². The molecule has 0 aliphatic carbocycles. The van der Waals surface area contributed by atoms with Gasteiger partial charge in [-0.2, -0.15) is 0 Å². The summed E-state index contributed by atoms with van der Waals surface area (Å²) in [5.74, 6) is -0.880. The molecular weight excluding hydrogens is 600 g/mol. The Kier molecular flexibility index (Phi) is 9.88. The van der Waals surface area contributed by atoms with Crippen LogP contribution in [-0.2, 0) is 35.2 Å². The van der Waals surface area contributed by atoms with Crippen LogP contribution in [-0.4, -0.2) is 71.8 Å². The van der Waals surface area contributed by atoms with Crippen molar-refractivity contribution in [1.29, 1.82) is 0 Å². The first-order valence-corrected chi connectivity index (χ1v) is 16.2. The van der Waals surface area contributed by atoms with E-state index in [9.17, 15) is 19.5 Å². The maximum absolute atomic E-state index is 13.2. The topological polar surface area (TPSA) is 130 Å². The maximum atomic E-state index is 13.2. The summed E-state index contributed by atoms with van der Waals surface area (Å²) in [6.45, 7) is 5.42. The van der Waals surface area contributed by atoms with E-state index in [1.807, 2.05) is 54.6 Å². The fourth-order valence-electron chi connectivity index (χ4n) is 6.77. The average Bonchev–Trinajstić information content (AvgIpc) is 3.40. The number of para-hydroxylation sites is 1. The van der Waals surface area contributed by atoms with E-state index in [0.29, 0.717) is 38.2 Å². The lowest BCUT2D eigenvalue weighted by molar-refractivity contribution is -0.253. The molecular formula is C36H42N4O7. The number of hydrogen-bond donors (Lipinski definition) is 3. The molecule has 11 heteroatoms. The number of carbonyl (C=O) groups is 3. The van der Waals surface area contributed by atoms with Gasteiger partial charge >= 0.3 is 5.97 Å². The molecule has 3 N–H and O–H groups in total. The number of esters is 1. The molecule has 3 aromatic rings. The molecule has 0 saturated carbocycles. The summed E-state index contributed by atoms with van der Waals surface area (Å²) < 4.78 is 18.1. The second-order valence-corrected chi connectivity index (χ2v) is 12.5. The summed E-state index contributed by atoms with van der Waals surface area (Å²) >= 11 is 0. The Morgan fingerprint density at radius 3 is 2.47 bits per heavy atom. The van der Waals surface area contributed by atoms with E-state index in [0.717, 1.165) is 35.5 Å². The number of rotatable bonds is 9. The van der Waals surface area contributed by atoms with Gasteiger partial charge in [0.25, 0.3) is 5.91 Å². The van der Waals surface area contributed by atoms with Gasteiger partial charge in [0.1, 0.15) is 5.54 Å². The van der Waals surface area contributed by atoms with Gasteiger partial charge in [-0.25, -0.2) is 0 Å². The number of amides is 2. The molecule has 3 saturated heterocycles. The molecule has 3 aliphatic rings. The van der Waals surface area contributed by atoms with Gasteiger partial charge in [0.2, 0.25) is 5.91 Å². The van der Waals surface area contributed by atoms with Crippen molar-refractivity contribution in [3.63, 3.8) is 0 Å². The van der Waals surface area contributed by atoms with Gasteiger partial charge < -0.3 is 39.8 Å². The van der Waals surface area contributed by atoms with Crippen LogP contribution in [0.3, 0.4) is 0 Å². The first-order chi connectivity index (χ1) is 22.7. The summed E-state index contributed by atoms with van der Waals surface area (Å²) in [5.41, 5.74) is 3.56. The van der Waals surface area contributed by atoms with Crippen molar-refractivity contribution >= 4 is 29.2 Å². The smallest absolute Gasteiger partial charge is 0.303 e. The highest BCUT2D eigenvalue weighted by Gasteiger charge is 2.50. The zero-order valence-corrected chi connectivity index (χ0v) is 26.8. The van der Waals surface area contributed by atoms with E-state index in [1.54, 1.807) is 12.1 Å². The zero-order valence-electron chi connectivity index (χ0n) is 26.8. The Balaban J connectivity index is 1.17. The predicted molar refractivity (Wildman–Crippen MR) is 175 cm³/mol. The largest absolute Gasteiger partial charge is 0.453 e. The number of ether oxygens (including phenoxy) is 3. The SMILES string of the molecule is CC(=O)OC(C)C(=O)Nc1cccc(C2OC(CN3CCC4(CC3)C(=O)NCN4c3ccccc3)CC(c3ccc(CO)cc3)O2)c1. The standard InChI is InChI=1S/C36H42N4O7/c1-24(45-25(2)42)33(43)38-29-8-6-7-28(19-29)34-46-31(20-32(47-34)27-13-11-26(22-41)12-14-27)21-39-17-15-36(16-18-39)35(44)37-23-40(36)30-9-4-3-5-10-30/h3-14,19,24,31-32,34,41H,15-18,20-23H2,1-2H3,(H,37,44)(H,38,43). The lowest BCUT2D eigenvalue weighted by atomic mass is 9.85. The van der Waals surface area contributed by atoms with Gasteiger partial charge in [0.05, 0.1) is 25.5 Å². The fourth-order valence-corrected chi connectivity index (χ4v) is 6.77. The first kappa shape index (κ1) is 32.6. The monoisotopic (exact) mass is 642 g/mol. The molecule has 1 spiro atoms. The van der Waals surface area contributed by atoms with Crippen LogP contribution in [0.15, 0.2) is 78.9 Å². The van der Waals surface area contributed by atoms with Crippen LogP contribution in [0.4, 0.5) is 11.4 Å². The molecule has 4 atom stereocenters. The van der Waals surface area contributed by atoms with Gasteiger partial charge in [-0.05, 0) is 55.2 Å². The molecule has 0 aromatic heterocycles. The lowest BCUT2D eigenvalue weighted by Crippen LogP contribution is -2.57. The van der Waals surface area contributed by atoms with Crippen LogP contribution in [0.2, 0.25) is 0 Å². The number of anilines is 2. The Bertz CT molecular complexity index is 1560. The normalized spacial score (nSPS) is 23.3. The van der Waals surface area contributed by atoms with Gasteiger partial charge in [0, 0.05) is 49.9 Å². The number of carbonyl (C=O) groups excluding carboxylic acids is 3. The maximum Gasteiger partial charge on any atom is 0.303 e. The van der Waals surface area contributed by atoms with Crippen molar-refractivity contribution < 1.29 is 33.7 Å². The second-order valence-electron chi connectivity index (χ2n) is 12.5. The molecule has 0 bridgehead atoms. The van der Waals surface area contributed by atoms with Crippen molar-refractivity contribution in [1.82, 2.24) is 10.2 Å². The highest BCUT2D eigenvalue weighted by atomic mass is 16.7. The van der Waals surface area contributed by atoms with Crippen LogP contribution < -0.4 is 15.5 Å². The van der Waals surface area contributed by atoms with Crippen LogP contribution in [0.1, 0.15) is 62.2 Å². The summed E-state index contributed by atoms with van der Waals surface area (Å²) in [7, 11) is 0.